The van der Waals surface area contributed by atoms with Crippen LogP contribution in [0.25, 0.3) is 0 Å². The molecule has 0 aromatic carbocycles. The molecule has 0 aromatic rings. The Bertz CT molecular complexity index is 232. The van der Waals surface area contributed by atoms with Crippen molar-refractivity contribution < 1.29 is 37.8 Å². The van der Waals surface area contributed by atoms with Crippen molar-refractivity contribution in [1.29, 1.82) is 0 Å². The summed E-state index contributed by atoms with van der Waals surface area (Å²) in [7, 11) is 0. The summed E-state index contributed by atoms with van der Waals surface area (Å²) in [5.74, 6) is 0. The van der Waals surface area contributed by atoms with Gasteiger partial charge in [-0.3, -0.25) is 0 Å². The van der Waals surface area contributed by atoms with Gasteiger partial charge in [-0.25, -0.2) is 0 Å². The molecule has 0 unspecified atom stereocenters. The average molecular weight is 606 g/mol. The molecule has 0 aliphatic heterocycles. The zero-order valence-corrected chi connectivity index (χ0v) is 17.2. The fraction of sp³-hybridized carbons (Fsp3) is 1.00. The second-order valence-corrected chi connectivity index (χ2v) is 9.13. The van der Waals surface area contributed by atoms with Gasteiger partial charge >= 0.3 is 57.9 Å². The van der Waals surface area contributed by atoms with E-state index in [1.165, 1.54) is 21.6 Å². The van der Waals surface area contributed by atoms with Gasteiger partial charge in [0.1, 0.15) is 0 Å². The van der Waals surface area contributed by atoms with Crippen LogP contribution in [0.3, 0.4) is 0 Å². The van der Waals surface area contributed by atoms with E-state index in [0.29, 0.717) is 0 Å². The number of hydrogen-bond acceptors (Lipinski definition) is 1. The van der Waals surface area contributed by atoms with Gasteiger partial charge in [-0.1, -0.05) is 0 Å². The van der Waals surface area contributed by atoms with Gasteiger partial charge < -0.3 is 0 Å². The van der Waals surface area contributed by atoms with Gasteiger partial charge in [0.15, 0.2) is 0 Å². The fourth-order valence-electron chi connectivity index (χ4n) is 1.05. The molecule has 0 saturated heterocycles. The third-order valence-electron chi connectivity index (χ3n) is 1.83. The summed E-state index contributed by atoms with van der Waals surface area (Å²) in [6.45, 7) is 0. The molecule has 1 fully saturated rings. The maximum atomic E-state index is 9.31. The predicted molar refractivity (Wildman–Crippen MR) is 72.1 cm³/mol. The van der Waals surface area contributed by atoms with Crippen molar-refractivity contribution in [3.8, 4) is 0 Å². The number of hydrogen-bond donors (Lipinski definition) is 3. The second-order valence-electron chi connectivity index (χ2n) is 3.18. The number of alkyl halides is 6. The molecular formula is C6H9AgCl6FO4Sb. The van der Waals surface area contributed by atoms with E-state index in [0.717, 1.165) is 0 Å². The summed E-state index contributed by atoms with van der Waals surface area (Å²) < 4.78 is 40.1. The molecule has 0 aromatic heterocycles. The maximum absolute atomic E-state index is 9.31. The van der Waals surface area contributed by atoms with Crippen molar-refractivity contribution in [3.63, 3.8) is 0 Å². The molecule has 0 amide bonds. The molecule has 1 aliphatic carbocycles. The average Bonchev–Trinajstić information content (AvgIpc) is 2.32. The van der Waals surface area contributed by atoms with E-state index in [2.05, 4.69) is 0 Å². The molecule has 0 heterocycles. The number of halogens is 7. The Hall–Kier alpha value is 2.91. The van der Waals surface area contributed by atoms with Gasteiger partial charge in [-0.05, 0) is 0 Å². The Morgan fingerprint density at radius 2 is 0.737 bits per heavy atom. The Labute approximate surface area is 158 Å². The summed E-state index contributed by atoms with van der Waals surface area (Å²) in [5, 5.41) is -2.62. The zero-order chi connectivity index (χ0) is 16.0. The van der Waals surface area contributed by atoms with Gasteiger partial charge in [0.25, 0.3) is 0 Å². The summed E-state index contributed by atoms with van der Waals surface area (Å²) in [6, 6.07) is 0. The van der Waals surface area contributed by atoms with E-state index >= 15 is 0 Å². The van der Waals surface area contributed by atoms with Crippen molar-refractivity contribution in [2.45, 2.75) is 32.3 Å². The van der Waals surface area contributed by atoms with Crippen LogP contribution in [0.5, 0.6) is 0 Å². The number of rotatable bonds is 0. The normalized spacial score (nSPS) is 38.5. The summed E-state index contributed by atoms with van der Waals surface area (Å²) in [6.07, 6.45) is 0. The van der Waals surface area contributed by atoms with Crippen LogP contribution in [-0.2, 0) is 24.6 Å². The molecule has 13 heteroatoms. The molecule has 0 atom stereocenters. The van der Waals surface area contributed by atoms with Crippen molar-refractivity contribution in [2.24, 2.45) is 0 Å². The van der Waals surface area contributed by atoms with E-state index in [-0.39, 0.29) is 0 Å². The molecule has 0 bridgehead atoms. The van der Waals surface area contributed by atoms with Crippen LogP contribution >= 0.6 is 69.6 Å². The minimum atomic E-state index is -5.35. The van der Waals surface area contributed by atoms with Crippen molar-refractivity contribution in [2.75, 3.05) is 0 Å². The molecular weight excluding hydrogens is 597 g/mol. The topological polar surface area (TPSA) is 77.8 Å². The minimum absolute atomic E-state index is 0.437. The van der Waals surface area contributed by atoms with E-state index in [1.54, 1.807) is 0 Å². The second kappa shape index (κ2) is 11.4. The van der Waals surface area contributed by atoms with E-state index < -0.39 is 52.3 Å². The molecule has 0 radical (unpaired) electrons. The SMILES string of the molecule is ClC1C(Cl)C(Cl)C(Cl)C(Cl)C1Cl.[F][Ag].[O]=[Sb]([OH])([OH])[OH]. The molecule has 0 spiro atoms. The monoisotopic (exact) mass is 602 g/mol. The van der Waals surface area contributed by atoms with Crippen LogP contribution < -0.4 is 0 Å². The van der Waals surface area contributed by atoms with Crippen LogP contribution in [0, 0.1) is 0 Å². The van der Waals surface area contributed by atoms with Crippen LogP contribution in [0.1, 0.15) is 0 Å². The van der Waals surface area contributed by atoms with Crippen molar-refractivity contribution >= 4 is 89.7 Å². The van der Waals surface area contributed by atoms with Crippen LogP contribution in [0.4, 0.5) is 3.02 Å². The fourth-order valence-corrected chi connectivity index (χ4v) is 3.38. The Balaban J connectivity index is 0. The van der Waals surface area contributed by atoms with Gasteiger partial charge in [0.05, 0.1) is 32.3 Å². The first-order chi connectivity index (χ1) is 8.46. The van der Waals surface area contributed by atoms with Gasteiger partial charge in [0.2, 0.25) is 0 Å². The molecule has 122 valence electrons. The first-order valence-electron chi connectivity index (χ1n) is 4.21. The van der Waals surface area contributed by atoms with Crippen LogP contribution in [0.15, 0.2) is 0 Å². The van der Waals surface area contributed by atoms with Gasteiger partial charge in [-0.15, -0.1) is 69.6 Å². The Kier molecular flexibility index (Phi) is 14.6. The van der Waals surface area contributed by atoms with Crippen LogP contribution in [-0.4, -0.2) is 62.5 Å². The quantitative estimate of drug-likeness (QED) is 0.291. The van der Waals surface area contributed by atoms with Crippen molar-refractivity contribution in [1.82, 2.24) is 0 Å². The predicted octanol–water partition coefficient (Wildman–Crippen LogP) is 1.89. The molecule has 1 aliphatic rings. The molecule has 1 saturated carbocycles. The summed E-state index contributed by atoms with van der Waals surface area (Å²) in [4.78, 5) is 0. The first-order valence-corrected chi connectivity index (χ1v) is 11.9. The zero-order valence-electron chi connectivity index (χ0n) is 8.61. The van der Waals surface area contributed by atoms with E-state index in [9.17, 15) is 3.02 Å². The molecule has 3 N–H and O–H groups in total. The molecule has 1 rings (SSSR count). The third kappa shape index (κ3) is 10.3. The standard InChI is InChI=1S/C6H6Cl6.Ag.FH.3H2O.O.Sb/c7-1-2(8)4(10)6(12)5(11)3(1)9;;;;;;;/h1-6H;;1H;3*1H2;;/q;+1;;;;;;+3/p-4. The third-order valence-corrected chi connectivity index (χ3v) is 5.86. The Morgan fingerprint density at radius 3 is 0.789 bits per heavy atom. The van der Waals surface area contributed by atoms with Crippen molar-refractivity contribution in [3.05, 3.63) is 0 Å². The van der Waals surface area contributed by atoms with Crippen LogP contribution in [0.2, 0.25) is 0 Å². The van der Waals surface area contributed by atoms with E-state index in [4.69, 9.17) is 82.8 Å². The van der Waals surface area contributed by atoms with E-state index in [1.807, 2.05) is 0 Å². The first kappa shape index (κ1) is 24.2. The van der Waals surface area contributed by atoms with Gasteiger partial charge in [-0.2, -0.15) is 0 Å². The van der Waals surface area contributed by atoms with Gasteiger partial charge in [0, 0.05) is 0 Å². The molecule has 19 heavy (non-hydrogen) atoms. The summed E-state index contributed by atoms with van der Waals surface area (Å²) in [5.41, 5.74) is 0. The Morgan fingerprint density at radius 1 is 0.684 bits per heavy atom. The summed E-state index contributed by atoms with van der Waals surface area (Å²) >= 11 is 31.4. The molecule has 4 nitrogen and oxygen atoms in total.